The maximum atomic E-state index is 13.3. The molecule has 102 valence electrons. The molecule has 0 amide bonds. The summed E-state index contributed by atoms with van der Waals surface area (Å²) in [6.07, 6.45) is 0. The highest BCUT2D eigenvalue weighted by Crippen LogP contribution is 2.23. The Morgan fingerprint density at radius 3 is 2.80 bits per heavy atom. The Hall–Kier alpha value is -2.43. The molecule has 0 aliphatic carbocycles. The molecule has 3 rings (SSSR count). The number of fused-ring (bicyclic) bond motifs is 1. The highest BCUT2D eigenvalue weighted by molar-refractivity contribution is 5.76. The highest BCUT2D eigenvalue weighted by Gasteiger charge is 2.09. The van der Waals surface area contributed by atoms with Gasteiger partial charge < -0.3 is 9.72 Å². The summed E-state index contributed by atoms with van der Waals surface area (Å²) >= 11 is 0. The zero-order chi connectivity index (χ0) is 14.1. The van der Waals surface area contributed by atoms with Crippen LogP contribution in [0.4, 0.5) is 4.39 Å². The average Bonchev–Trinajstić information content (AvgIpc) is 2.85. The number of rotatable bonds is 3. The van der Waals surface area contributed by atoms with E-state index in [1.807, 2.05) is 13.0 Å². The van der Waals surface area contributed by atoms with E-state index in [1.54, 1.807) is 25.1 Å². The molecule has 0 atom stereocenters. The molecular weight excluding hydrogens is 257 g/mol. The van der Waals surface area contributed by atoms with Gasteiger partial charge in [-0.05, 0) is 43.7 Å². The number of aromatic nitrogens is 3. The predicted octanol–water partition coefficient (Wildman–Crippen LogP) is 3.47. The zero-order valence-corrected chi connectivity index (χ0v) is 11.3. The molecule has 1 N–H and O–H groups in total. The number of nitrogens with one attached hydrogen (secondary N) is 1. The van der Waals surface area contributed by atoms with Gasteiger partial charge in [0.25, 0.3) is 0 Å². The van der Waals surface area contributed by atoms with E-state index in [1.165, 1.54) is 6.07 Å². The average molecular weight is 271 g/mol. The maximum Gasteiger partial charge on any atom is 0.215 e. The van der Waals surface area contributed by atoms with Crippen LogP contribution in [0.2, 0.25) is 0 Å². The van der Waals surface area contributed by atoms with Crippen LogP contribution in [-0.4, -0.2) is 21.6 Å². The zero-order valence-electron chi connectivity index (χ0n) is 11.3. The Balaban J connectivity index is 2.05. The van der Waals surface area contributed by atoms with Crippen molar-refractivity contribution < 1.29 is 9.13 Å². The van der Waals surface area contributed by atoms with Gasteiger partial charge in [-0.1, -0.05) is 0 Å². The molecule has 20 heavy (non-hydrogen) atoms. The van der Waals surface area contributed by atoms with Gasteiger partial charge in [0.1, 0.15) is 11.6 Å². The number of halogens is 1. The lowest BCUT2D eigenvalue weighted by Crippen LogP contribution is -1.93. The van der Waals surface area contributed by atoms with E-state index < -0.39 is 0 Å². The molecule has 0 saturated heterocycles. The largest absolute Gasteiger partial charge is 0.478 e. The molecular formula is C15H14FN3O. The molecule has 4 nitrogen and oxygen atoms in total. The maximum absolute atomic E-state index is 13.3. The van der Waals surface area contributed by atoms with Crippen LogP contribution < -0.4 is 4.74 Å². The predicted molar refractivity (Wildman–Crippen MR) is 75.2 cm³/mol. The van der Waals surface area contributed by atoms with Gasteiger partial charge in [-0.2, -0.15) is 4.98 Å². The lowest BCUT2D eigenvalue weighted by molar-refractivity contribution is 0.328. The first kappa shape index (κ1) is 12.6. The third-order valence-corrected chi connectivity index (χ3v) is 3.04. The number of aromatic amines is 1. The van der Waals surface area contributed by atoms with Crippen LogP contribution in [0.1, 0.15) is 12.5 Å². The Kier molecular flexibility index (Phi) is 3.10. The van der Waals surface area contributed by atoms with Crippen LogP contribution in [0.3, 0.4) is 0 Å². The van der Waals surface area contributed by atoms with Crippen molar-refractivity contribution in [1.82, 2.24) is 15.0 Å². The third kappa shape index (κ3) is 2.22. The summed E-state index contributed by atoms with van der Waals surface area (Å²) in [6.45, 7) is 4.20. The van der Waals surface area contributed by atoms with E-state index in [4.69, 9.17) is 4.74 Å². The fourth-order valence-corrected chi connectivity index (χ4v) is 2.03. The number of aryl methyl sites for hydroxylation is 1. The van der Waals surface area contributed by atoms with Crippen LogP contribution in [0.5, 0.6) is 5.88 Å². The van der Waals surface area contributed by atoms with Crippen LogP contribution >= 0.6 is 0 Å². The standard InChI is InChI=1S/C15H14FN3O/c1-3-20-13-7-6-12-15(18-13)19-14(17-12)10-4-5-11(16)9(2)8-10/h4-8H,3H2,1-2H3,(H,17,18,19). The first-order valence-corrected chi connectivity index (χ1v) is 6.43. The van der Waals surface area contributed by atoms with Crippen molar-refractivity contribution in [2.45, 2.75) is 13.8 Å². The van der Waals surface area contributed by atoms with Crippen LogP contribution in [0.25, 0.3) is 22.6 Å². The third-order valence-electron chi connectivity index (χ3n) is 3.04. The van der Waals surface area contributed by atoms with Gasteiger partial charge in [0, 0.05) is 11.6 Å². The molecule has 0 saturated carbocycles. The minimum Gasteiger partial charge on any atom is -0.478 e. The van der Waals surface area contributed by atoms with E-state index in [0.29, 0.717) is 29.5 Å². The van der Waals surface area contributed by atoms with Gasteiger partial charge in [0.05, 0.1) is 12.1 Å². The number of pyridine rings is 1. The Morgan fingerprint density at radius 1 is 1.20 bits per heavy atom. The van der Waals surface area contributed by atoms with E-state index in [9.17, 15) is 4.39 Å². The summed E-state index contributed by atoms with van der Waals surface area (Å²) in [5.41, 5.74) is 2.84. The number of H-pyrrole nitrogens is 1. The normalized spacial score (nSPS) is 10.9. The SMILES string of the molecule is CCOc1ccc2[nH]c(-c3ccc(F)c(C)c3)nc2n1. The monoisotopic (exact) mass is 271 g/mol. The topological polar surface area (TPSA) is 50.8 Å². The van der Waals surface area contributed by atoms with E-state index in [0.717, 1.165) is 11.1 Å². The van der Waals surface area contributed by atoms with Crippen molar-refractivity contribution in [2.24, 2.45) is 0 Å². The van der Waals surface area contributed by atoms with Crippen LogP contribution in [-0.2, 0) is 0 Å². The summed E-state index contributed by atoms with van der Waals surface area (Å²) in [4.78, 5) is 11.9. The molecule has 0 aliphatic heterocycles. The minimum absolute atomic E-state index is 0.221. The van der Waals surface area contributed by atoms with Gasteiger partial charge in [0.2, 0.25) is 5.88 Å². The second kappa shape index (κ2) is 4.92. The van der Waals surface area contributed by atoms with E-state index >= 15 is 0 Å². The molecule has 2 heterocycles. The molecule has 3 aromatic rings. The number of hydrogen-bond acceptors (Lipinski definition) is 3. The molecule has 2 aromatic heterocycles. The number of nitrogens with zero attached hydrogens (tertiary/aromatic N) is 2. The first-order valence-electron chi connectivity index (χ1n) is 6.43. The quantitative estimate of drug-likeness (QED) is 0.793. The summed E-state index contributed by atoms with van der Waals surface area (Å²) in [6, 6.07) is 8.57. The van der Waals surface area contributed by atoms with Crippen molar-refractivity contribution in [3.63, 3.8) is 0 Å². The Labute approximate surface area is 115 Å². The molecule has 0 aliphatic rings. The first-order chi connectivity index (χ1) is 9.67. The summed E-state index contributed by atoms with van der Waals surface area (Å²) in [5, 5.41) is 0. The molecule has 0 unspecified atom stereocenters. The fraction of sp³-hybridized carbons (Fsp3) is 0.200. The van der Waals surface area contributed by atoms with Gasteiger partial charge in [-0.15, -0.1) is 0 Å². The van der Waals surface area contributed by atoms with Crippen molar-refractivity contribution in [3.8, 4) is 17.3 Å². The molecule has 5 heteroatoms. The summed E-state index contributed by atoms with van der Waals surface area (Å²) in [5.74, 6) is 0.999. The van der Waals surface area contributed by atoms with Gasteiger partial charge in [-0.3, -0.25) is 0 Å². The number of benzene rings is 1. The lowest BCUT2D eigenvalue weighted by atomic mass is 10.1. The fourth-order valence-electron chi connectivity index (χ4n) is 2.03. The molecule has 0 radical (unpaired) electrons. The molecule has 0 spiro atoms. The lowest BCUT2D eigenvalue weighted by Gasteiger charge is -1.99. The van der Waals surface area contributed by atoms with Gasteiger partial charge >= 0.3 is 0 Å². The van der Waals surface area contributed by atoms with Crippen molar-refractivity contribution in [1.29, 1.82) is 0 Å². The minimum atomic E-state index is -0.221. The molecule has 0 bridgehead atoms. The van der Waals surface area contributed by atoms with Gasteiger partial charge in [0.15, 0.2) is 5.65 Å². The van der Waals surface area contributed by atoms with Gasteiger partial charge in [-0.25, -0.2) is 9.37 Å². The number of ether oxygens (including phenoxy) is 1. The molecule has 0 fully saturated rings. The Bertz CT molecular complexity index is 767. The second-order valence-corrected chi connectivity index (χ2v) is 4.50. The van der Waals surface area contributed by atoms with Crippen LogP contribution in [0, 0.1) is 12.7 Å². The second-order valence-electron chi connectivity index (χ2n) is 4.50. The van der Waals surface area contributed by atoms with E-state index in [2.05, 4.69) is 15.0 Å². The van der Waals surface area contributed by atoms with Crippen molar-refractivity contribution >= 4 is 11.2 Å². The smallest absolute Gasteiger partial charge is 0.215 e. The molecule has 1 aromatic carbocycles. The van der Waals surface area contributed by atoms with Crippen molar-refractivity contribution in [3.05, 3.63) is 41.7 Å². The van der Waals surface area contributed by atoms with E-state index in [-0.39, 0.29) is 5.82 Å². The van der Waals surface area contributed by atoms with Crippen LogP contribution in [0.15, 0.2) is 30.3 Å². The highest BCUT2D eigenvalue weighted by atomic mass is 19.1. The Morgan fingerprint density at radius 2 is 2.05 bits per heavy atom. The van der Waals surface area contributed by atoms with Crippen molar-refractivity contribution in [2.75, 3.05) is 6.61 Å². The summed E-state index contributed by atoms with van der Waals surface area (Å²) in [7, 11) is 0. The number of imidazole rings is 1. The number of hydrogen-bond donors (Lipinski definition) is 1. The summed E-state index contributed by atoms with van der Waals surface area (Å²) < 4.78 is 18.6.